The molecule has 0 aromatic rings. The topological polar surface area (TPSA) is 50.1 Å². The predicted molar refractivity (Wildman–Crippen MR) is 138 cm³/mol. The summed E-state index contributed by atoms with van der Waals surface area (Å²) in [6.07, 6.45) is 10.8. The Morgan fingerprint density at radius 2 is 1.76 bits per heavy atom. The van der Waals surface area contributed by atoms with Gasteiger partial charge in [0.15, 0.2) is 0 Å². The third kappa shape index (κ3) is 3.29. The van der Waals surface area contributed by atoms with Crippen molar-refractivity contribution >= 4 is 5.97 Å². The van der Waals surface area contributed by atoms with Gasteiger partial charge in [-0.05, 0) is 116 Å². The molecule has 4 saturated carbocycles. The molecule has 190 valence electrons. The molecule has 0 N–H and O–H groups in total. The maximum atomic E-state index is 13.4. The largest absolute Gasteiger partial charge is 0.469 e. The predicted octanol–water partition coefficient (Wildman–Crippen LogP) is 7.96. The number of rotatable bonds is 5. The first-order chi connectivity index (χ1) is 15.9. The van der Waals surface area contributed by atoms with Crippen molar-refractivity contribution < 1.29 is 9.53 Å². The Hall–Kier alpha value is -1.30. The minimum absolute atomic E-state index is 0.0693. The minimum Gasteiger partial charge on any atom is -0.469 e. The summed E-state index contributed by atoms with van der Waals surface area (Å²) in [6.45, 7) is 19.1. The average Bonchev–Trinajstić information content (AvgIpc) is 3.19. The quantitative estimate of drug-likeness (QED) is 0.304. The maximum Gasteiger partial charge on any atom is 0.312 e. The van der Waals surface area contributed by atoms with Gasteiger partial charge in [-0.25, -0.2) is 0 Å². The lowest BCUT2D eigenvalue weighted by molar-refractivity contribution is -0.222. The van der Waals surface area contributed by atoms with E-state index in [4.69, 9.17) is 4.74 Å². The summed E-state index contributed by atoms with van der Waals surface area (Å²) >= 11 is 0. The molecule has 4 fully saturated rings. The third-order valence-corrected chi connectivity index (χ3v) is 12.6. The third-order valence-electron chi connectivity index (χ3n) is 12.6. The van der Waals surface area contributed by atoms with E-state index >= 15 is 0 Å². The number of carbonyl (C=O) groups is 1. The van der Waals surface area contributed by atoms with Crippen LogP contribution in [0.25, 0.3) is 0 Å². The van der Waals surface area contributed by atoms with Crippen LogP contribution in [-0.2, 0) is 9.53 Å². The van der Waals surface area contributed by atoms with Gasteiger partial charge in [0, 0.05) is 6.42 Å². The van der Waals surface area contributed by atoms with E-state index in [1.807, 2.05) is 0 Å². The summed E-state index contributed by atoms with van der Waals surface area (Å²) in [4.78, 5) is 13.4. The summed E-state index contributed by atoms with van der Waals surface area (Å²) in [7, 11) is 1.60. The average molecular weight is 468 g/mol. The molecule has 0 radical (unpaired) electrons. The van der Waals surface area contributed by atoms with Crippen LogP contribution in [0.5, 0.6) is 0 Å². The highest BCUT2D eigenvalue weighted by Crippen LogP contribution is 2.76. The van der Waals surface area contributed by atoms with Gasteiger partial charge in [-0.15, -0.1) is 0 Å². The molecular formula is C31H49NO2. The smallest absolute Gasteiger partial charge is 0.312 e. The number of esters is 1. The van der Waals surface area contributed by atoms with E-state index in [0.29, 0.717) is 41.9 Å². The van der Waals surface area contributed by atoms with Crippen molar-refractivity contribution in [3.63, 3.8) is 0 Å². The van der Waals surface area contributed by atoms with Crippen LogP contribution in [0, 0.1) is 68.5 Å². The fourth-order valence-electron chi connectivity index (χ4n) is 10.8. The number of methoxy groups -OCH3 is 1. The van der Waals surface area contributed by atoms with Crippen LogP contribution < -0.4 is 0 Å². The fourth-order valence-corrected chi connectivity index (χ4v) is 10.8. The molecule has 0 heterocycles. The number of ether oxygens (including phenoxy) is 1. The Morgan fingerprint density at radius 1 is 1.06 bits per heavy atom. The molecule has 0 bridgehead atoms. The lowest BCUT2D eigenvalue weighted by Gasteiger charge is -2.70. The van der Waals surface area contributed by atoms with Crippen LogP contribution >= 0.6 is 0 Å². The second-order valence-corrected chi connectivity index (χ2v) is 13.8. The van der Waals surface area contributed by atoms with Gasteiger partial charge < -0.3 is 4.74 Å². The monoisotopic (exact) mass is 467 g/mol. The molecule has 0 aliphatic heterocycles. The molecule has 9 atom stereocenters. The highest BCUT2D eigenvalue weighted by Gasteiger charge is 2.70. The van der Waals surface area contributed by atoms with Crippen LogP contribution in [0.3, 0.4) is 0 Å². The van der Waals surface area contributed by atoms with Crippen LogP contribution in [0.15, 0.2) is 12.2 Å². The SMILES string of the molecule is C=C(C)C1CC[C@@]2(C)C(CC[C@H]3[C@@H]4C(C(C)C)CC[C@@]4(C(=O)OC)CC[C@@]32C)C1(C)CCC#N. The van der Waals surface area contributed by atoms with Crippen molar-refractivity contribution in [3.8, 4) is 6.07 Å². The highest BCUT2D eigenvalue weighted by atomic mass is 16.5. The molecule has 4 rings (SSSR count). The summed E-state index contributed by atoms with van der Waals surface area (Å²) in [5, 5.41) is 9.51. The first kappa shape index (κ1) is 25.8. The van der Waals surface area contributed by atoms with Gasteiger partial charge in [0.25, 0.3) is 0 Å². The first-order valence-corrected chi connectivity index (χ1v) is 14.0. The lowest BCUT2D eigenvalue weighted by atomic mass is 9.34. The van der Waals surface area contributed by atoms with Crippen molar-refractivity contribution in [1.82, 2.24) is 0 Å². The van der Waals surface area contributed by atoms with Crippen molar-refractivity contribution in [2.45, 2.75) is 106 Å². The van der Waals surface area contributed by atoms with E-state index in [2.05, 4.69) is 54.2 Å². The molecule has 4 aliphatic rings. The van der Waals surface area contributed by atoms with E-state index in [-0.39, 0.29) is 27.6 Å². The normalized spacial score (nSPS) is 47.8. The van der Waals surface area contributed by atoms with Crippen molar-refractivity contribution in [2.24, 2.45) is 57.2 Å². The molecule has 34 heavy (non-hydrogen) atoms. The van der Waals surface area contributed by atoms with Crippen molar-refractivity contribution in [3.05, 3.63) is 12.2 Å². The summed E-state index contributed by atoms with van der Waals surface area (Å²) < 4.78 is 5.51. The summed E-state index contributed by atoms with van der Waals surface area (Å²) in [5.41, 5.74) is 1.63. The Kier molecular flexibility index (Phi) is 6.58. The van der Waals surface area contributed by atoms with Gasteiger partial charge in [0.2, 0.25) is 0 Å². The van der Waals surface area contributed by atoms with E-state index in [1.54, 1.807) is 7.11 Å². The number of allylic oxidation sites excluding steroid dienone is 1. The number of nitrogens with zero attached hydrogens (tertiary/aromatic N) is 1. The zero-order chi connectivity index (χ0) is 25.1. The van der Waals surface area contributed by atoms with Gasteiger partial charge in [0.1, 0.15) is 0 Å². The molecule has 0 aromatic heterocycles. The summed E-state index contributed by atoms with van der Waals surface area (Å²) in [6, 6.07) is 2.46. The second kappa shape index (κ2) is 8.67. The van der Waals surface area contributed by atoms with Crippen molar-refractivity contribution in [2.75, 3.05) is 7.11 Å². The second-order valence-electron chi connectivity index (χ2n) is 13.8. The van der Waals surface area contributed by atoms with Crippen LogP contribution in [0.4, 0.5) is 0 Å². The van der Waals surface area contributed by atoms with E-state index in [9.17, 15) is 10.1 Å². The van der Waals surface area contributed by atoms with Gasteiger partial charge >= 0.3 is 5.97 Å². The molecule has 0 aromatic carbocycles. The van der Waals surface area contributed by atoms with E-state index < -0.39 is 0 Å². The Balaban J connectivity index is 1.78. The van der Waals surface area contributed by atoms with Gasteiger partial charge in [-0.3, -0.25) is 4.79 Å². The zero-order valence-electron chi connectivity index (χ0n) is 23.0. The number of hydrogen-bond acceptors (Lipinski definition) is 3. The van der Waals surface area contributed by atoms with Crippen LogP contribution in [-0.4, -0.2) is 13.1 Å². The maximum absolute atomic E-state index is 13.4. The van der Waals surface area contributed by atoms with Gasteiger partial charge in [-0.2, -0.15) is 5.26 Å². The number of fused-ring (bicyclic) bond motifs is 5. The number of nitriles is 1. The molecule has 4 aliphatic carbocycles. The lowest BCUT2D eigenvalue weighted by Crippen LogP contribution is -2.64. The molecular weight excluding hydrogens is 418 g/mol. The standard InChI is InChI=1S/C31H49NO2/c1-20(2)22-12-16-31(27(33)34-8)18-17-29(6)24(26(22)31)10-11-25-28(5,14-9-19-32)23(21(3)4)13-15-30(25,29)7/h20,22-26H,3,9-18H2,1-2,4-8H3/t22?,23?,24-,25?,26-,28?,29-,30-,31+/m0/s1. The van der Waals surface area contributed by atoms with Gasteiger partial charge in [-0.1, -0.05) is 46.8 Å². The minimum atomic E-state index is -0.268. The molecule has 4 unspecified atom stereocenters. The highest BCUT2D eigenvalue weighted by molar-refractivity contribution is 5.78. The molecule has 0 amide bonds. The molecule has 3 heteroatoms. The van der Waals surface area contributed by atoms with Crippen molar-refractivity contribution in [1.29, 1.82) is 5.26 Å². The molecule has 3 nitrogen and oxygen atoms in total. The van der Waals surface area contributed by atoms with Gasteiger partial charge in [0.05, 0.1) is 18.6 Å². The van der Waals surface area contributed by atoms with E-state index in [0.717, 1.165) is 25.7 Å². The molecule has 0 saturated heterocycles. The van der Waals surface area contributed by atoms with Crippen LogP contribution in [0.2, 0.25) is 0 Å². The molecule has 0 spiro atoms. The Labute approximate surface area is 209 Å². The van der Waals surface area contributed by atoms with Crippen LogP contribution in [0.1, 0.15) is 106 Å². The van der Waals surface area contributed by atoms with E-state index in [1.165, 1.54) is 37.7 Å². The fraction of sp³-hybridized carbons (Fsp3) is 0.871. The number of carbonyl (C=O) groups excluding carboxylic acids is 1. The first-order valence-electron chi connectivity index (χ1n) is 14.0. The number of hydrogen-bond donors (Lipinski definition) is 0. The Bertz CT molecular complexity index is 871. The zero-order valence-corrected chi connectivity index (χ0v) is 23.0. The Morgan fingerprint density at radius 3 is 2.35 bits per heavy atom. The summed E-state index contributed by atoms with van der Waals surface area (Å²) in [5.74, 6) is 3.42.